The first-order valence-electron chi connectivity index (χ1n) is 8.08. The molecule has 0 aliphatic carbocycles. The van der Waals surface area contributed by atoms with Gasteiger partial charge in [0.25, 0.3) is 0 Å². The van der Waals surface area contributed by atoms with Gasteiger partial charge in [0.2, 0.25) is 0 Å². The maximum Gasteiger partial charge on any atom is 0.104 e. The molecule has 0 amide bonds. The largest absolute Gasteiger partial charge is 0.384 e. The Morgan fingerprint density at radius 2 is 1.86 bits per heavy atom. The molecule has 1 N–H and O–H groups in total. The van der Waals surface area contributed by atoms with Crippen molar-refractivity contribution in [1.82, 2.24) is 14.7 Å². The van der Waals surface area contributed by atoms with E-state index in [2.05, 4.69) is 45.7 Å². The molecule has 2 aliphatic rings. The van der Waals surface area contributed by atoms with Gasteiger partial charge in [-0.25, -0.2) is 0 Å². The van der Waals surface area contributed by atoms with E-state index in [0.29, 0.717) is 6.04 Å². The lowest BCUT2D eigenvalue weighted by molar-refractivity contribution is 0.0175. The molecule has 22 heavy (non-hydrogen) atoms. The minimum atomic E-state index is -0.0815. The van der Waals surface area contributed by atoms with Crippen molar-refractivity contribution >= 4 is 0 Å². The maximum absolute atomic E-state index is 8.72. The Bertz CT molecular complexity index is 546. The second kappa shape index (κ2) is 7.26. The van der Waals surface area contributed by atoms with Crippen LogP contribution in [0, 0.1) is 11.8 Å². The standard InChI is InChI=1S/C18H25N3O/c1-19-8-10-21-11-9-20(15-18(21)14-19)13-17-6-4-16(5-7-17)3-2-12-22/h4-7,18,22H,8-15H2,1H3/t18-/m0/s1. The van der Waals surface area contributed by atoms with Crippen LogP contribution < -0.4 is 0 Å². The third kappa shape index (κ3) is 3.88. The first-order valence-corrected chi connectivity index (χ1v) is 8.08. The normalized spacial score (nSPS) is 23.6. The fraction of sp³-hybridized carbons (Fsp3) is 0.556. The van der Waals surface area contributed by atoms with Crippen molar-refractivity contribution < 1.29 is 5.11 Å². The van der Waals surface area contributed by atoms with Crippen LogP contribution in [0.1, 0.15) is 11.1 Å². The molecule has 2 heterocycles. The first-order chi connectivity index (χ1) is 10.7. The third-order valence-electron chi connectivity index (χ3n) is 4.65. The summed E-state index contributed by atoms with van der Waals surface area (Å²) in [5, 5.41) is 8.72. The second-order valence-corrected chi connectivity index (χ2v) is 6.34. The van der Waals surface area contributed by atoms with Gasteiger partial charge in [-0.2, -0.15) is 0 Å². The zero-order valence-electron chi connectivity index (χ0n) is 13.3. The molecular weight excluding hydrogens is 274 g/mol. The highest BCUT2D eigenvalue weighted by molar-refractivity contribution is 5.36. The van der Waals surface area contributed by atoms with Crippen LogP contribution >= 0.6 is 0 Å². The van der Waals surface area contributed by atoms with E-state index >= 15 is 0 Å². The van der Waals surface area contributed by atoms with Crippen LogP contribution in [0.15, 0.2) is 24.3 Å². The SMILES string of the molecule is CN1CCN2CCN(Cc3ccc(C#CCO)cc3)C[C@@H]2C1. The summed E-state index contributed by atoms with van der Waals surface area (Å²) < 4.78 is 0. The average Bonchev–Trinajstić information content (AvgIpc) is 2.54. The molecule has 2 saturated heterocycles. The fourth-order valence-corrected chi connectivity index (χ4v) is 3.41. The first kappa shape index (κ1) is 15.5. The molecule has 4 heteroatoms. The van der Waals surface area contributed by atoms with Gasteiger partial charge in [-0.1, -0.05) is 24.0 Å². The van der Waals surface area contributed by atoms with Crippen LogP contribution in [0.25, 0.3) is 0 Å². The maximum atomic E-state index is 8.72. The molecule has 0 bridgehead atoms. The van der Waals surface area contributed by atoms with Crippen molar-refractivity contribution in [1.29, 1.82) is 0 Å². The number of rotatable bonds is 2. The lowest BCUT2D eigenvalue weighted by atomic mass is 10.1. The molecule has 2 fully saturated rings. The Hall–Kier alpha value is -1.38. The minimum absolute atomic E-state index is 0.0815. The number of nitrogens with zero attached hydrogens (tertiary/aromatic N) is 3. The molecule has 0 spiro atoms. The van der Waals surface area contributed by atoms with Crippen molar-refractivity contribution in [3.05, 3.63) is 35.4 Å². The van der Waals surface area contributed by atoms with Crippen LogP contribution in [0.2, 0.25) is 0 Å². The van der Waals surface area contributed by atoms with E-state index in [9.17, 15) is 0 Å². The number of fused-ring (bicyclic) bond motifs is 1. The highest BCUT2D eigenvalue weighted by Crippen LogP contribution is 2.17. The Labute approximate surface area is 133 Å². The molecular formula is C18H25N3O. The average molecular weight is 299 g/mol. The number of hydrogen-bond acceptors (Lipinski definition) is 4. The second-order valence-electron chi connectivity index (χ2n) is 6.34. The zero-order chi connectivity index (χ0) is 15.4. The highest BCUT2D eigenvalue weighted by atomic mass is 16.2. The van der Waals surface area contributed by atoms with E-state index in [-0.39, 0.29) is 6.61 Å². The molecule has 0 unspecified atom stereocenters. The predicted molar refractivity (Wildman–Crippen MR) is 88.5 cm³/mol. The summed E-state index contributed by atoms with van der Waals surface area (Å²) in [5.74, 6) is 5.63. The number of piperazine rings is 2. The Morgan fingerprint density at radius 3 is 2.64 bits per heavy atom. The minimum Gasteiger partial charge on any atom is -0.384 e. The zero-order valence-corrected chi connectivity index (χ0v) is 13.3. The monoisotopic (exact) mass is 299 g/mol. The molecule has 4 nitrogen and oxygen atoms in total. The quantitative estimate of drug-likeness (QED) is 0.804. The molecule has 1 aromatic carbocycles. The molecule has 3 rings (SSSR count). The van der Waals surface area contributed by atoms with Crippen molar-refractivity contribution in [3.8, 4) is 11.8 Å². The van der Waals surface area contributed by atoms with E-state index in [1.807, 2.05) is 12.1 Å². The smallest absolute Gasteiger partial charge is 0.104 e. The Morgan fingerprint density at radius 1 is 1.09 bits per heavy atom. The van der Waals surface area contributed by atoms with Crippen molar-refractivity contribution in [2.75, 3.05) is 52.9 Å². The predicted octanol–water partition coefficient (Wildman–Crippen LogP) is 0.462. The van der Waals surface area contributed by atoms with Crippen LogP contribution in [0.4, 0.5) is 0 Å². The Kier molecular flexibility index (Phi) is 5.12. The lowest BCUT2D eigenvalue weighted by Crippen LogP contribution is -2.60. The van der Waals surface area contributed by atoms with Gasteiger partial charge in [0.15, 0.2) is 0 Å². The molecule has 0 aromatic heterocycles. The van der Waals surface area contributed by atoms with Gasteiger partial charge in [-0.15, -0.1) is 0 Å². The number of benzene rings is 1. The molecule has 2 aliphatic heterocycles. The van der Waals surface area contributed by atoms with Crippen LogP contribution in [0.5, 0.6) is 0 Å². The number of aliphatic hydroxyl groups excluding tert-OH is 1. The number of hydrogen-bond donors (Lipinski definition) is 1. The van der Waals surface area contributed by atoms with Gasteiger partial charge in [0.05, 0.1) is 0 Å². The van der Waals surface area contributed by atoms with E-state index in [0.717, 1.165) is 25.2 Å². The third-order valence-corrected chi connectivity index (χ3v) is 4.65. The van der Waals surface area contributed by atoms with Gasteiger partial charge in [-0.3, -0.25) is 9.80 Å². The van der Waals surface area contributed by atoms with E-state index in [1.165, 1.54) is 31.7 Å². The highest BCUT2D eigenvalue weighted by Gasteiger charge is 2.30. The van der Waals surface area contributed by atoms with Crippen molar-refractivity contribution in [3.63, 3.8) is 0 Å². The van der Waals surface area contributed by atoms with Gasteiger partial charge in [-0.05, 0) is 24.7 Å². The summed E-state index contributed by atoms with van der Waals surface area (Å²) in [7, 11) is 2.22. The van der Waals surface area contributed by atoms with Gasteiger partial charge >= 0.3 is 0 Å². The molecule has 1 aromatic rings. The summed E-state index contributed by atoms with van der Waals surface area (Å²) in [6, 6.07) is 9.08. The summed E-state index contributed by atoms with van der Waals surface area (Å²) in [5.41, 5.74) is 2.31. The molecule has 118 valence electrons. The van der Waals surface area contributed by atoms with Gasteiger partial charge in [0.1, 0.15) is 6.61 Å². The van der Waals surface area contributed by atoms with Crippen molar-refractivity contribution in [2.45, 2.75) is 12.6 Å². The molecule has 1 atom stereocenters. The summed E-state index contributed by atoms with van der Waals surface area (Å²) >= 11 is 0. The van der Waals surface area contributed by atoms with E-state index in [1.54, 1.807) is 0 Å². The van der Waals surface area contributed by atoms with Gasteiger partial charge in [0, 0.05) is 57.4 Å². The number of likely N-dealkylation sites (N-methyl/N-ethyl adjacent to an activating group) is 1. The van der Waals surface area contributed by atoms with Crippen LogP contribution in [-0.2, 0) is 6.54 Å². The van der Waals surface area contributed by atoms with Gasteiger partial charge < -0.3 is 10.0 Å². The van der Waals surface area contributed by atoms with Crippen LogP contribution in [-0.4, -0.2) is 78.8 Å². The van der Waals surface area contributed by atoms with Crippen LogP contribution in [0.3, 0.4) is 0 Å². The number of aliphatic hydroxyl groups is 1. The summed E-state index contributed by atoms with van der Waals surface area (Å²) in [6.07, 6.45) is 0. The Balaban J connectivity index is 1.57. The lowest BCUT2D eigenvalue weighted by Gasteiger charge is -2.46. The molecule has 0 saturated carbocycles. The fourth-order valence-electron chi connectivity index (χ4n) is 3.41. The molecule has 0 radical (unpaired) electrons. The van der Waals surface area contributed by atoms with Crippen molar-refractivity contribution in [2.24, 2.45) is 0 Å². The van der Waals surface area contributed by atoms with E-state index in [4.69, 9.17) is 5.11 Å². The van der Waals surface area contributed by atoms with E-state index < -0.39 is 0 Å². The summed E-state index contributed by atoms with van der Waals surface area (Å²) in [4.78, 5) is 7.65. The summed E-state index contributed by atoms with van der Waals surface area (Å²) in [6.45, 7) is 8.05. The topological polar surface area (TPSA) is 30.0 Å².